The number of aromatic nitrogens is 2. The van der Waals surface area contributed by atoms with E-state index >= 15 is 0 Å². The number of anilines is 1. The van der Waals surface area contributed by atoms with E-state index in [1.165, 1.54) is 30.4 Å². The van der Waals surface area contributed by atoms with E-state index in [1.54, 1.807) is 0 Å². The number of halogens is 1. The summed E-state index contributed by atoms with van der Waals surface area (Å²) in [6.07, 6.45) is 5.88. The van der Waals surface area contributed by atoms with Gasteiger partial charge in [0.05, 0.1) is 24.2 Å². The number of imidazole rings is 1. The fraction of sp³-hybridized carbons (Fsp3) is 0.417. The highest BCUT2D eigenvalue weighted by Gasteiger charge is 2.30. The number of aromatic amines is 1. The lowest BCUT2D eigenvalue weighted by Crippen LogP contribution is -2.39. The van der Waals surface area contributed by atoms with Gasteiger partial charge in [-0.25, -0.2) is 14.2 Å². The molecule has 2 N–H and O–H groups in total. The average molecular weight is 599 g/mol. The number of carbonyl (C=O) groups is 2. The minimum absolute atomic E-state index is 0.0212. The quantitative estimate of drug-likeness (QED) is 0.191. The molecule has 232 valence electrons. The number of piperidine rings is 1. The number of hydrogen-bond donors (Lipinski definition) is 2. The number of amides is 2. The molecule has 3 atom stereocenters. The molecule has 7 nitrogen and oxygen atoms in total. The molecule has 1 fully saturated rings. The fourth-order valence-corrected chi connectivity index (χ4v) is 6.54. The van der Waals surface area contributed by atoms with Crippen LogP contribution < -0.4 is 5.32 Å². The molecule has 1 aliphatic rings. The maximum absolute atomic E-state index is 13.8. The highest BCUT2D eigenvalue weighted by Crippen LogP contribution is 2.35. The second-order valence-corrected chi connectivity index (χ2v) is 12.2. The van der Waals surface area contributed by atoms with Crippen molar-refractivity contribution in [1.82, 2.24) is 14.9 Å². The molecule has 0 radical (unpaired) electrons. The van der Waals surface area contributed by atoms with Crippen molar-refractivity contribution < 1.29 is 18.7 Å². The Morgan fingerprint density at radius 2 is 1.84 bits per heavy atom. The summed E-state index contributed by atoms with van der Waals surface area (Å²) >= 11 is 0. The smallest absolute Gasteiger partial charge is 0.413 e. The molecule has 3 aromatic carbocycles. The van der Waals surface area contributed by atoms with E-state index in [0.717, 1.165) is 72.8 Å². The molecule has 8 heteroatoms. The first-order valence-electron chi connectivity index (χ1n) is 15.7. The lowest BCUT2D eigenvalue weighted by atomic mass is 9.81. The van der Waals surface area contributed by atoms with Gasteiger partial charge in [-0.05, 0) is 103 Å². The molecule has 4 aromatic rings. The highest BCUT2D eigenvalue weighted by molar-refractivity contribution is 5.88. The zero-order chi connectivity index (χ0) is 31.2. The van der Waals surface area contributed by atoms with Crippen LogP contribution in [0.4, 0.5) is 15.1 Å². The van der Waals surface area contributed by atoms with Gasteiger partial charge in [-0.2, -0.15) is 0 Å². The lowest BCUT2D eigenvalue weighted by molar-refractivity contribution is -0.136. The Kier molecular flexibility index (Phi) is 9.98. The van der Waals surface area contributed by atoms with Crippen LogP contribution in [-0.2, 0) is 16.0 Å². The standard InChI is InChI=1S/C36H43FN4O3/c1-5-8-26(22-34(42)41-18-7-6-9-33(41)25-12-15-30(37)16-13-25)24(3)19-29-20-27(11-10-23(29)2)28-14-17-31-32(21-28)39-35(38-31)40-36(43)44-4/h10-17,20-21,24,26,33H,5-9,18-19,22H2,1-4H3,(H2,38,39,40,43). The zero-order valence-corrected chi connectivity index (χ0v) is 26.2. The Morgan fingerprint density at radius 3 is 2.59 bits per heavy atom. The third kappa shape index (κ3) is 7.29. The Hall–Kier alpha value is -4.20. The summed E-state index contributed by atoms with van der Waals surface area (Å²) in [6.45, 7) is 7.38. The maximum atomic E-state index is 13.8. The van der Waals surface area contributed by atoms with E-state index in [1.807, 2.05) is 30.3 Å². The number of rotatable bonds is 10. The number of fused-ring (bicyclic) bond motifs is 1. The highest BCUT2D eigenvalue weighted by atomic mass is 19.1. The number of H-pyrrole nitrogens is 1. The van der Waals surface area contributed by atoms with Crippen molar-refractivity contribution in [3.05, 3.63) is 83.2 Å². The molecule has 0 bridgehead atoms. The number of benzene rings is 3. The van der Waals surface area contributed by atoms with E-state index in [0.29, 0.717) is 18.3 Å². The van der Waals surface area contributed by atoms with Crippen LogP contribution in [0, 0.1) is 24.6 Å². The molecule has 2 amide bonds. The number of hydrogen-bond acceptors (Lipinski definition) is 4. The third-order valence-corrected chi connectivity index (χ3v) is 9.09. The number of aryl methyl sites for hydroxylation is 1. The first-order valence-corrected chi connectivity index (χ1v) is 15.7. The summed E-state index contributed by atoms with van der Waals surface area (Å²) in [5, 5.41) is 2.58. The second-order valence-electron chi connectivity index (χ2n) is 12.2. The molecular formula is C36H43FN4O3. The number of nitrogens with zero attached hydrogens (tertiary/aromatic N) is 2. The normalized spacial score (nSPS) is 16.5. The third-order valence-electron chi connectivity index (χ3n) is 9.09. The van der Waals surface area contributed by atoms with E-state index in [9.17, 15) is 14.0 Å². The van der Waals surface area contributed by atoms with E-state index in [-0.39, 0.29) is 23.7 Å². The van der Waals surface area contributed by atoms with E-state index in [2.05, 4.69) is 63.9 Å². The van der Waals surface area contributed by atoms with Gasteiger partial charge in [0.15, 0.2) is 0 Å². The fourth-order valence-electron chi connectivity index (χ4n) is 6.54. The Labute approximate surface area is 259 Å². The van der Waals surface area contributed by atoms with Gasteiger partial charge >= 0.3 is 6.09 Å². The van der Waals surface area contributed by atoms with Crippen molar-refractivity contribution in [2.45, 2.75) is 71.8 Å². The SMILES string of the molecule is CCCC(CC(=O)N1CCCCC1c1ccc(F)cc1)C(C)Cc1cc(-c2ccc3nc(NC(=O)OC)[nH]c3c2)ccc1C. The van der Waals surface area contributed by atoms with Gasteiger partial charge in [0.25, 0.3) is 0 Å². The number of carbonyl (C=O) groups excluding carboxylic acids is 2. The van der Waals surface area contributed by atoms with Gasteiger partial charge in [0, 0.05) is 13.0 Å². The Morgan fingerprint density at radius 1 is 1.09 bits per heavy atom. The number of ether oxygens (including phenoxy) is 1. The van der Waals surface area contributed by atoms with Crippen molar-refractivity contribution in [2.75, 3.05) is 19.0 Å². The van der Waals surface area contributed by atoms with Crippen LogP contribution in [0.3, 0.4) is 0 Å². The largest absolute Gasteiger partial charge is 0.453 e. The molecule has 0 saturated carbocycles. The lowest BCUT2D eigenvalue weighted by Gasteiger charge is -2.37. The molecule has 1 aliphatic heterocycles. The number of nitrogens with one attached hydrogen (secondary N) is 2. The van der Waals surface area contributed by atoms with E-state index in [4.69, 9.17) is 0 Å². The number of likely N-dealkylation sites (tertiary alicyclic amines) is 1. The minimum atomic E-state index is -0.576. The monoisotopic (exact) mass is 598 g/mol. The predicted molar refractivity (Wildman–Crippen MR) is 173 cm³/mol. The molecule has 1 aromatic heterocycles. The van der Waals surface area contributed by atoms with Crippen LogP contribution >= 0.6 is 0 Å². The molecule has 0 aliphatic carbocycles. The first-order chi connectivity index (χ1) is 21.2. The number of methoxy groups -OCH3 is 1. The summed E-state index contributed by atoms with van der Waals surface area (Å²) in [5.41, 5.74) is 7.28. The van der Waals surface area contributed by atoms with Crippen molar-refractivity contribution in [3.8, 4) is 11.1 Å². The van der Waals surface area contributed by atoms with Crippen LogP contribution in [0.15, 0.2) is 60.7 Å². The molecule has 5 rings (SSSR count). The topological polar surface area (TPSA) is 87.3 Å². The zero-order valence-electron chi connectivity index (χ0n) is 26.2. The first kappa shape index (κ1) is 31.2. The predicted octanol–water partition coefficient (Wildman–Crippen LogP) is 8.59. The molecule has 3 unspecified atom stereocenters. The van der Waals surface area contributed by atoms with Gasteiger partial charge in [-0.1, -0.05) is 56.7 Å². The summed E-state index contributed by atoms with van der Waals surface area (Å²) in [7, 11) is 1.31. The summed E-state index contributed by atoms with van der Waals surface area (Å²) in [4.78, 5) is 35.0. The summed E-state index contributed by atoms with van der Waals surface area (Å²) < 4.78 is 18.3. The van der Waals surface area contributed by atoms with Crippen LogP contribution in [0.25, 0.3) is 22.2 Å². The van der Waals surface area contributed by atoms with Gasteiger partial charge in [-0.3, -0.25) is 10.1 Å². The van der Waals surface area contributed by atoms with Crippen molar-refractivity contribution in [2.24, 2.45) is 11.8 Å². The molecule has 0 spiro atoms. The van der Waals surface area contributed by atoms with Crippen LogP contribution in [-0.4, -0.2) is 40.5 Å². The van der Waals surface area contributed by atoms with Gasteiger partial charge in [0.1, 0.15) is 5.82 Å². The molecule has 44 heavy (non-hydrogen) atoms. The minimum Gasteiger partial charge on any atom is -0.453 e. The molecule has 1 saturated heterocycles. The van der Waals surface area contributed by atoms with Crippen LogP contribution in [0.5, 0.6) is 0 Å². The van der Waals surface area contributed by atoms with Gasteiger partial charge in [0.2, 0.25) is 11.9 Å². The van der Waals surface area contributed by atoms with E-state index < -0.39 is 6.09 Å². The average Bonchev–Trinajstić information content (AvgIpc) is 3.43. The summed E-state index contributed by atoms with van der Waals surface area (Å²) in [5.74, 6) is 0.899. The van der Waals surface area contributed by atoms with Crippen molar-refractivity contribution in [1.29, 1.82) is 0 Å². The summed E-state index contributed by atoms with van der Waals surface area (Å²) in [6, 6.07) is 19.3. The van der Waals surface area contributed by atoms with Crippen LogP contribution in [0.1, 0.15) is 75.1 Å². The van der Waals surface area contributed by atoms with Crippen LogP contribution in [0.2, 0.25) is 0 Å². The Balaban J connectivity index is 1.31. The Bertz CT molecular complexity index is 1600. The van der Waals surface area contributed by atoms with Crippen molar-refractivity contribution in [3.63, 3.8) is 0 Å². The molecular weight excluding hydrogens is 555 g/mol. The van der Waals surface area contributed by atoms with Gasteiger partial charge in [-0.15, -0.1) is 0 Å². The van der Waals surface area contributed by atoms with Crippen molar-refractivity contribution >= 4 is 29.0 Å². The second kappa shape index (κ2) is 14.1. The maximum Gasteiger partial charge on any atom is 0.413 e. The van der Waals surface area contributed by atoms with Gasteiger partial charge < -0.3 is 14.6 Å². The molecule has 2 heterocycles.